The number of aliphatic hydroxyl groups excluding tert-OH is 1. The number of aliphatic hydroxyl groups is 1. The van der Waals surface area contributed by atoms with Gasteiger partial charge in [-0.15, -0.1) is 0 Å². The summed E-state index contributed by atoms with van der Waals surface area (Å²) in [5, 5.41) is 18.0. The van der Waals surface area contributed by atoms with E-state index in [2.05, 4.69) is 37.0 Å². The Morgan fingerprint density at radius 1 is 1.12 bits per heavy atom. The SMILES string of the molecule is Cc1[nH]nc2c1[C@]1(C)CC[C@@H]3[C@H](CC=C4C[C@H](O)CC[C@]43C)[C@H]1C2. The zero-order chi connectivity index (χ0) is 16.7. The lowest BCUT2D eigenvalue weighted by Crippen LogP contribution is -2.51. The van der Waals surface area contributed by atoms with Gasteiger partial charge in [-0.1, -0.05) is 25.5 Å². The van der Waals surface area contributed by atoms with Gasteiger partial charge in [0.1, 0.15) is 0 Å². The molecule has 5 rings (SSSR count). The third-order valence-electron chi connectivity index (χ3n) is 8.47. The molecule has 0 amide bonds. The lowest BCUT2D eigenvalue weighted by atomic mass is 9.47. The van der Waals surface area contributed by atoms with Crippen molar-refractivity contribution in [2.45, 2.75) is 77.2 Å². The van der Waals surface area contributed by atoms with Crippen molar-refractivity contribution in [3.05, 3.63) is 28.6 Å². The number of hydrogen-bond donors (Lipinski definition) is 2. The van der Waals surface area contributed by atoms with Crippen LogP contribution in [0.2, 0.25) is 0 Å². The number of rotatable bonds is 0. The molecular formula is C21H30N2O. The van der Waals surface area contributed by atoms with Crippen LogP contribution >= 0.6 is 0 Å². The van der Waals surface area contributed by atoms with Crippen molar-refractivity contribution in [2.24, 2.45) is 23.2 Å². The van der Waals surface area contributed by atoms with E-state index in [-0.39, 0.29) is 6.10 Å². The zero-order valence-corrected chi connectivity index (χ0v) is 15.2. The summed E-state index contributed by atoms with van der Waals surface area (Å²) < 4.78 is 0. The first-order valence-corrected chi connectivity index (χ1v) is 9.85. The Balaban J connectivity index is 1.54. The van der Waals surface area contributed by atoms with E-state index < -0.39 is 0 Å². The second-order valence-corrected chi connectivity index (χ2v) is 9.49. The Bertz CT molecular complexity index is 719. The summed E-state index contributed by atoms with van der Waals surface area (Å²) in [5.74, 6) is 2.35. The largest absolute Gasteiger partial charge is 0.393 e. The number of aryl methyl sites for hydroxylation is 1. The van der Waals surface area contributed by atoms with Gasteiger partial charge < -0.3 is 5.11 Å². The highest BCUT2D eigenvalue weighted by Gasteiger charge is 2.58. The zero-order valence-electron chi connectivity index (χ0n) is 15.2. The molecule has 1 aromatic rings. The summed E-state index contributed by atoms with van der Waals surface area (Å²) in [6, 6.07) is 0. The van der Waals surface area contributed by atoms with Crippen LogP contribution in [-0.4, -0.2) is 21.4 Å². The maximum atomic E-state index is 10.1. The molecule has 0 unspecified atom stereocenters. The summed E-state index contributed by atoms with van der Waals surface area (Å²) in [4.78, 5) is 0. The first kappa shape index (κ1) is 15.2. The quantitative estimate of drug-likeness (QED) is 0.707. The number of aromatic amines is 1. The Hall–Kier alpha value is -1.09. The number of aromatic nitrogens is 2. The van der Waals surface area contributed by atoms with Gasteiger partial charge in [-0.2, -0.15) is 5.10 Å². The van der Waals surface area contributed by atoms with Crippen LogP contribution in [0.3, 0.4) is 0 Å². The van der Waals surface area contributed by atoms with E-state index in [0.717, 1.165) is 30.6 Å². The Labute approximate surface area is 144 Å². The Morgan fingerprint density at radius 3 is 2.75 bits per heavy atom. The molecule has 1 aromatic heterocycles. The summed E-state index contributed by atoms with van der Waals surface area (Å²) in [7, 11) is 0. The summed E-state index contributed by atoms with van der Waals surface area (Å²) in [6.45, 7) is 7.21. The van der Waals surface area contributed by atoms with Gasteiger partial charge in [0.25, 0.3) is 0 Å². The predicted octanol–water partition coefficient (Wildman–Crippen LogP) is 4.06. The van der Waals surface area contributed by atoms with Crippen molar-refractivity contribution in [1.29, 1.82) is 0 Å². The fourth-order valence-electron chi connectivity index (χ4n) is 7.24. The average Bonchev–Trinajstić information content (AvgIpc) is 3.06. The van der Waals surface area contributed by atoms with Gasteiger partial charge >= 0.3 is 0 Å². The second-order valence-electron chi connectivity index (χ2n) is 9.49. The first-order chi connectivity index (χ1) is 11.4. The summed E-state index contributed by atoms with van der Waals surface area (Å²) in [6.07, 6.45) is 10.5. The van der Waals surface area contributed by atoms with Gasteiger partial charge in [0.05, 0.1) is 11.8 Å². The smallest absolute Gasteiger partial charge is 0.0665 e. The summed E-state index contributed by atoms with van der Waals surface area (Å²) in [5.41, 5.74) is 6.42. The van der Waals surface area contributed by atoms with E-state index in [1.165, 1.54) is 43.5 Å². The number of nitrogens with zero attached hydrogens (tertiary/aromatic N) is 1. The number of nitrogens with one attached hydrogen (secondary N) is 1. The number of hydrogen-bond acceptors (Lipinski definition) is 2. The standard InChI is InChI=1S/C21H30N2O/c1-12-19-18(23-22-12)11-17-15-5-4-13-10-14(24)6-8-20(13,2)16(15)7-9-21(17,19)3/h4,14-17,24H,5-11H2,1-3H3,(H,22,23)/t14-,15+,16-,17-,20-,21-/m1/s1. The maximum Gasteiger partial charge on any atom is 0.0665 e. The molecule has 0 saturated heterocycles. The molecule has 2 saturated carbocycles. The van der Waals surface area contributed by atoms with Crippen LogP contribution in [0.1, 0.15) is 69.3 Å². The molecule has 4 aliphatic rings. The number of H-pyrrole nitrogens is 1. The van der Waals surface area contributed by atoms with Crippen molar-refractivity contribution in [3.63, 3.8) is 0 Å². The van der Waals surface area contributed by atoms with Crippen molar-refractivity contribution >= 4 is 0 Å². The molecule has 6 atom stereocenters. The van der Waals surface area contributed by atoms with Crippen LogP contribution in [-0.2, 0) is 11.8 Å². The molecule has 0 radical (unpaired) electrons. The summed E-state index contributed by atoms with van der Waals surface area (Å²) >= 11 is 0. The van der Waals surface area contributed by atoms with Gasteiger partial charge in [-0.25, -0.2) is 0 Å². The highest BCUT2D eigenvalue weighted by molar-refractivity contribution is 5.41. The van der Waals surface area contributed by atoms with E-state index in [0.29, 0.717) is 10.8 Å². The molecule has 0 spiro atoms. The van der Waals surface area contributed by atoms with Crippen LogP contribution < -0.4 is 0 Å². The molecular weight excluding hydrogens is 296 g/mol. The first-order valence-electron chi connectivity index (χ1n) is 9.85. The van der Waals surface area contributed by atoms with Gasteiger partial charge in [-0.3, -0.25) is 5.10 Å². The minimum absolute atomic E-state index is 0.103. The van der Waals surface area contributed by atoms with E-state index in [1.54, 1.807) is 11.1 Å². The molecule has 0 aliphatic heterocycles. The molecule has 0 bridgehead atoms. The highest BCUT2D eigenvalue weighted by Crippen LogP contribution is 2.64. The van der Waals surface area contributed by atoms with Crippen molar-refractivity contribution < 1.29 is 5.11 Å². The monoisotopic (exact) mass is 326 g/mol. The third-order valence-corrected chi connectivity index (χ3v) is 8.47. The molecule has 3 nitrogen and oxygen atoms in total. The molecule has 1 heterocycles. The topological polar surface area (TPSA) is 48.9 Å². The van der Waals surface area contributed by atoms with Crippen LogP contribution in [0.15, 0.2) is 11.6 Å². The van der Waals surface area contributed by atoms with Crippen LogP contribution in [0.5, 0.6) is 0 Å². The molecule has 24 heavy (non-hydrogen) atoms. The number of allylic oxidation sites excluding steroid dienone is 1. The average molecular weight is 326 g/mol. The van der Waals surface area contributed by atoms with E-state index in [9.17, 15) is 5.11 Å². The van der Waals surface area contributed by atoms with Crippen molar-refractivity contribution in [1.82, 2.24) is 10.2 Å². The fourth-order valence-corrected chi connectivity index (χ4v) is 7.24. The second kappa shape index (κ2) is 4.75. The van der Waals surface area contributed by atoms with Crippen LogP contribution in [0.4, 0.5) is 0 Å². The van der Waals surface area contributed by atoms with E-state index >= 15 is 0 Å². The molecule has 3 heteroatoms. The normalized spacial score (nSPS) is 46.6. The van der Waals surface area contributed by atoms with Crippen molar-refractivity contribution in [3.8, 4) is 0 Å². The van der Waals surface area contributed by atoms with Gasteiger partial charge in [0.2, 0.25) is 0 Å². The maximum absolute atomic E-state index is 10.1. The van der Waals surface area contributed by atoms with Crippen LogP contribution in [0.25, 0.3) is 0 Å². The molecule has 4 aliphatic carbocycles. The van der Waals surface area contributed by atoms with E-state index in [4.69, 9.17) is 0 Å². The Morgan fingerprint density at radius 2 is 1.92 bits per heavy atom. The van der Waals surface area contributed by atoms with Gasteiger partial charge in [0.15, 0.2) is 0 Å². The molecule has 0 aromatic carbocycles. The lowest BCUT2D eigenvalue weighted by molar-refractivity contribution is -0.0166. The molecule has 2 N–H and O–H groups in total. The van der Waals surface area contributed by atoms with Gasteiger partial charge in [0, 0.05) is 11.3 Å². The fraction of sp³-hybridized carbons (Fsp3) is 0.762. The van der Waals surface area contributed by atoms with E-state index in [1.807, 2.05) is 0 Å². The predicted molar refractivity (Wildman–Crippen MR) is 94.7 cm³/mol. The lowest BCUT2D eigenvalue weighted by Gasteiger charge is -2.57. The molecule has 130 valence electrons. The minimum atomic E-state index is -0.103. The van der Waals surface area contributed by atoms with Crippen molar-refractivity contribution in [2.75, 3.05) is 0 Å². The highest BCUT2D eigenvalue weighted by atomic mass is 16.3. The number of fused-ring (bicyclic) bond motifs is 7. The van der Waals surface area contributed by atoms with Crippen LogP contribution in [0, 0.1) is 30.1 Å². The molecule has 2 fully saturated rings. The minimum Gasteiger partial charge on any atom is -0.393 e. The van der Waals surface area contributed by atoms with Gasteiger partial charge in [-0.05, 0) is 80.5 Å². The Kier molecular flexibility index (Phi) is 3.01. The third kappa shape index (κ3) is 1.75.